The van der Waals surface area contributed by atoms with Crippen LogP contribution in [0.5, 0.6) is 0 Å². The van der Waals surface area contributed by atoms with Crippen LogP contribution in [0.1, 0.15) is 12.8 Å². The van der Waals surface area contributed by atoms with E-state index in [9.17, 15) is 0 Å². The molecule has 0 saturated carbocycles. The van der Waals surface area contributed by atoms with Crippen molar-refractivity contribution in [1.82, 2.24) is 9.97 Å². The number of anilines is 1. The average molecular weight is 268 g/mol. The van der Waals surface area contributed by atoms with Crippen LogP contribution in [0, 0.1) is 5.92 Å². The molecule has 3 heterocycles. The lowest BCUT2D eigenvalue weighted by Crippen LogP contribution is -2.34. The third-order valence-corrected chi connectivity index (χ3v) is 4.69. The Morgan fingerprint density at radius 2 is 2.18 bits per heavy atom. The molecule has 0 bridgehead atoms. The maximum absolute atomic E-state index is 5.91. The molecular formula is C12H14ClN3S. The average Bonchev–Trinajstić information content (AvgIpc) is 2.87. The molecule has 90 valence electrons. The van der Waals surface area contributed by atoms with Gasteiger partial charge in [-0.1, -0.05) is 0 Å². The molecule has 0 N–H and O–H groups in total. The summed E-state index contributed by atoms with van der Waals surface area (Å²) in [5, 5.41) is 2.08. The van der Waals surface area contributed by atoms with Gasteiger partial charge in [0.05, 0.1) is 10.2 Å². The lowest BCUT2D eigenvalue weighted by molar-refractivity contribution is 0.441. The van der Waals surface area contributed by atoms with Crippen LogP contribution in [-0.4, -0.2) is 28.9 Å². The third-order valence-electron chi connectivity index (χ3n) is 3.36. The van der Waals surface area contributed by atoms with Gasteiger partial charge in [0.25, 0.3) is 0 Å². The fourth-order valence-corrected chi connectivity index (χ4v) is 3.47. The van der Waals surface area contributed by atoms with Gasteiger partial charge in [0.1, 0.15) is 12.1 Å². The number of piperidine rings is 1. The van der Waals surface area contributed by atoms with Gasteiger partial charge >= 0.3 is 0 Å². The van der Waals surface area contributed by atoms with Crippen LogP contribution >= 0.6 is 22.9 Å². The fourth-order valence-electron chi connectivity index (χ4n) is 2.30. The van der Waals surface area contributed by atoms with E-state index in [0.717, 1.165) is 30.3 Å². The molecule has 0 spiro atoms. The number of thiophene rings is 1. The quantitative estimate of drug-likeness (QED) is 0.783. The zero-order valence-corrected chi connectivity index (χ0v) is 11.0. The second-order valence-corrected chi connectivity index (χ2v) is 5.64. The van der Waals surface area contributed by atoms with Gasteiger partial charge in [-0.25, -0.2) is 9.97 Å². The Morgan fingerprint density at radius 3 is 2.94 bits per heavy atom. The second kappa shape index (κ2) is 4.78. The first-order chi connectivity index (χ1) is 8.38. The molecule has 3 rings (SSSR count). The van der Waals surface area contributed by atoms with Gasteiger partial charge in [-0.3, -0.25) is 0 Å². The summed E-state index contributed by atoms with van der Waals surface area (Å²) >= 11 is 7.63. The van der Waals surface area contributed by atoms with Gasteiger partial charge in [-0.15, -0.1) is 22.9 Å². The van der Waals surface area contributed by atoms with E-state index in [1.54, 1.807) is 17.7 Å². The Kier molecular flexibility index (Phi) is 3.16. The summed E-state index contributed by atoms with van der Waals surface area (Å²) in [6.07, 6.45) is 4.00. The normalized spacial score (nSPS) is 17.8. The van der Waals surface area contributed by atoms with Gasteiger partial charge in [0.15, 0.2) is 0 Å². The minimum absolute atomic E-state index is 0.675. The topological polar surface area (TPSA) is 29.0 Å². The molecule has 2 aromatic heterocycles. The molecular weight excluding hydrogens is 254 g/mol. The zero-order chi connectivity index (χ0) is 11.7. The highest BCUT2D eigenvalue weighted by molar-refractivity contribution is 7.17. The molecule has 1 aliphatic heterocycles. The Labute approximate surface area is 109 Å². The van der Waals surface area contributed by atoms with Crippen LogP contribution in [0.2, 0.25) is 0 Å². The largest absolute Gasteiger partial charge is 0.355 e. The smallest absolute Gasteiger partial charge is 0.150 e. The van der Waals surface area contributed by atoms with Gasteiger partial charge in [0, 0.05) is 19.0 Å². The number of nitrogens with zero attached hydrogens (tertiary/aromatic N) is 3. The molecule has 0 aliphatic carbocycles. The van der Waals surface area contributed by atoms with E-state index in [2.05, 4.69) is 26.3 Å². The van der Waals surface area contributed by atoms with Crippen LogP contribution in [0.15, 0.2) is 17.8 Å². The van der Waals surface area contributed by atoms with Crippen molar-refractivity contribution in [3.05, 3.63) is 17.8 Å². The standard InChI is InChI=1S/C12H14ClN3S/c13-7-9-1-4-16(5-2-9)12-11-10(3-6-17-11)14-8-15-12/h3,6,8-9H,1-2,4-5,7H2. The highest BCUT2D eigenvalue weighted by Crippen LogP contribution is 2.30. The number of rotatable bonds is 2. The first-order valence-corrected chi connectivity index (χ1v) is 7.29. The molecule has 5 heteroatoms. The Bertz CT molecular complexity index is 505. The Morgan fingerprint density at radius 1 is 1.35 bits per heavy atom. The lowest BCUT2D eigenvalue weighted by Gasteiger charge is -2.32. The van der Waals surface area contributed by atoms with Gasteiger partial charge < -0.3 is 4.90 Å². The van der Waals surface area contributed by atoms with Crippen molar-refractivity contribution in [2.45, 2.75) is 12.8 Å². The molecule has 0 amide bonds. The molecule has 0 aromatic carbocycles. The number of halogens is 1. The number of hydrogen-bond donors (Lipinski definition) is 0. The molecule has 0 unspecified atom stereocenters. The summed E-state index contributed by atoms with van der Waals surface area (Å²) in [7, 11) is 0. The summed E-state index contributed by atoms with van der Waals surface area (Å²) in [5.41, 5.74) is 1.06. The van der Waals surface area contributed by atoms with Gasteiger partial charge in [-0.2, -0.15) is 0 Å². The van der Waals surface area contributed by atoms with E-state index in [-0.39, 0.29) is 0 Å². The van der Waals surface area contributed by atoms with E-state index in [4.69, 9.17) is 11.6 Å². The first kappa shape index (κ1) is 11.2. The molecule has 0 radical (unpaired) electrons. The number of aromatic nitrogens is 2. The number of hydrogen-bond acceptors (Lipinski definition) is 4. The molecule has 1 aliphatic rings. The SMILES string of the molecule is ClCC1CCN(c2ncnc3ccsc23)CC1. The van der Waals surface area contributed by atoms with Crippen LogP contribution < -0.4 is 4.90 Å². The maximum Gasteiger partial charge on any atom is 0.150 e. The maximum atomic E-state index is 5.91. The molecule has 3 nitrogen and oxygen atoms in total. The summed E-state index contributed by atoms with van der Waals surface area (Å²) < 4.78 is 1.21. The summed E-state index contributed by atoms with van der Waals surface area (Å²) in [6, 6.07) is 2.05. The van der Waals surface area contributed by atoms with E-state index in [0.29, 0.717) is 5.92 Å². The highest BCUT2D eigenvalue weighted by atomic mass is 35.5. The van der Waals surface area contributed by atoms with Crippen LogP contribution in [0.25, 0.3) is 10.2 Å². The lowest BCUT2D eigenvalue weighted by atomic mass is 9.99. The minimum Gasteiger partial charge on any atom is -0.355 e. The first-order valence-electron chi connectivity index (χ1n) is 5.87. The van der Waals surface area contributed by atoms with Crippen LogP contribution in [0.4, 0.5) is 5.82 Å². The highest BCUT2D eigenvalue weighted by Gasteiger charge is 2.21. The third kappa shape index (κ3) is 2.11. The molecule has 1 fully saturated rings. The van der Waals surface area contributed by atoms with Crippen molar-refractivity contribution < 1.29 is 0 Å². The van der Waals surface area contributed by atoms with E-state index < -0.39 is 0 Å². The van der Waals surface area contributed by atoms with E-state index >= 15 is 0 Å². The van der Waals surface area contributed by atoms with Crippen molar-refractivity contribution in [1.29, 1.82) is 0 Å². The van der Waals surface area contributed by atoms with Gasteiger partial charge in [-0.05, 0) is 30.2 Å². The summed E-state index contributed by atoms with van der Waals surface area (Å²) in [6.45, 7) is 2.11. The van der Waals surface area contributed by atoms with E-state index in [1.165, 1.54) is 17.5 Å². The number of fused-ring (bicyclic) bond motifs is 1. The predicted molar refractivity (Wildman–Crippen MR) is 73.1 cm³/mol. The van der Waals surface area contributed by atoms with E-state index in [1.807, 2.05) is 0 Å². The Balaban J connectivity index is 1.87. The molecule has 0 atom stereocenters. The van der Waals surface area contributed by atoms with Gasteiger partial charge in [0.2, 0.25) is 0 Å². The monoisotopic (exact) mass is 267 g/mol. The molecule has 17 heavy (non-hydrogen) atoms. The van der Waals surface area contributed by atoms with Crippen molar-refractivity contribution in [3.8, 4) is 0 Å². The number of alkyl halides is 1. The zero-order valence-electron chi connectivity index (χ0n) is 9.47. The molecule has 2 aromatic rings. The molecule has 1 saturated heterocycles. The van der Waals surface area contributed by atoms with Crippen molar-refractivity contribution >= 4 is 39.0 Å². The fraction of sp³-hybridized carbons (Fsp3) is 0.500. The second-order valence-electron chi connectivity index (χ2n) is 4.42. The minimum atomic E-state index is 0.675. The predicted octanol–water partition coefficient (Wildman–Crippen LogP) is 3.15. The summed E-state index contributed by atoms with van der Waals surface area (Å²) in [4.78, 5) is 11.1. The van der Waals surface area contributed by atoms with Crippen LogP contribution in [0.3, 0.4) is 0 Å². The van der Waals surface area contributed by atoms with Crippen molar-refractivity contribution in [2.24, 2.45) is 5.92 Å². The van der Waals surface area contributed by atoms with Crippen LogP contribution in [-0.2, 0) is 0 Å². The van der Waals surface area contributed by atoms with Crippen molar-refractivity contribution in [2.75, 3.05) is 23.9 Å². The summed E-state index contributed by atoms with van der Waals surface area (Å²) in [5.74, 6) is 2.55. The van der Waals surface area contributed by atoms with Crippen molar-refractivity contribution in [3.63, 3.8) is 0 Å². The Hall–Kier alpha value is -0.870.